The normalized spacial score (nSPS) is 17.2. The van der Waals surface area contributed by atoms with Gasteiger partial charge in [0.15, 0.2) is 0 Å². The molecule has 1 aromatic carbocycles. The van der Waals surface area contributed by atoms with E-state index in [1.54, 1.807) is 0 Å². The molecular weight excluding hydrogens is 254 g/mol. The van der Waals surface area contributed by atoms with E-state index in [1.165, 1.54) is 12.8 Å². The number of thiocarbonyl (C=S) groups is 1. The van der Waals surface area contributed by atoms with Crippen LogP contribution in [-0.4, -0.2) is 17.2 Å². The molecule has 0 bridgehead atoms. The lowest BCUT2D eigenvalue weighted by Crippen LogP contribution is -2.78. The maximum atomic E-state index is 5.52. The van der Waals surface area contributed by atoms with Gasteiger partial charge < -0.3 is 5.32 Å². The first-order valence-electron chi connectivity index (χ1n) is 6.72. The van der Waals surface area contributed by atoms with Crippen molar-refractivity contribution in [2.75, 3.05) is 11.6 Å². The van der Waals surface area contributed by atoms with Crippen molar-refractivity contribution in [2.45, 2.75) is 26.7 Å². The van der Waals surface area contributed by atoms with Crippen molar-refractivity contribution in [1.82, 2.24) is 0 Å². The highest BCUT2D eigenvalue weighted by molar-refractivity contribution is 7.81. The Kier molecular flexibility index (Phi) is 4.82. The van der Waals surface area contributed by atoms with Crippen LogP contribution in [0.25, 0.3) is 0 Å². The second-order valence-corrected chi connectivity index (χ2v) is 4.98. The van der Waals surface area contributed by atoms with Gasteiger partial charge in [0.1, 0.15) is 11.2 Å². The lowest BCUT2D eigenvalue weighted by Gasteiger charge is -2.13. The third-order valence-corrected chi connectivity index (χ3v) is 3.47. The fraction of sp³-hybridized carbons (Fsp3) is 0.333. The molecule has 100 valence electrons. The topological polar surface area (TPSA) is 32.2 Å². The van der Waals surface area contributed by atoms with Gasteiger partial charge in [-0.05, 0) is 25.5 Å². The van der Waals surface area contributed by atoms with Crippen LogP contribution < -0.4 is 10.3 Å². The Morgan fingerprint density at radius 1 is 1.32 bits per heavy atom. The highest BCUT2D eigenvalue weighted by atomic mass is 32.1. The van der Waals surface area contributed by atoms with Gasteiger partial charge in [0, 0.05) is 0 Å². The summed E-state index contributed by atoms with van der Waals surface area (Å²) in [6.45, 7) is 5.31. The van der Waals surface area contributed by atoms with Crippen LogP contribution in [-0.2, 0) is 0 Å². The molecular formula is C15H20N3S+. The summed E-state index contributed by atoms with van der Waals surface area (Å²) in [5.41, 5.74) is 3.07. The van der Waals surface area contributed by atoms with E-state index >= 15 is 0 Å². The van der Waals surface area contributed by atoms with Crippen molar-refractivity contribution in [3.8, 4) is 0 Å². The van der Waals surface area contributed by atoms with Crippen LogP contribution in [0.15, 0.2) is 47.2 Å². The molecule has 0 aromatic heterocycles. The number of quaternary nitrogens is 1. The zero-order valence-corrected chi connectivity index (χ0v) is 12.3. The monoisotopic (exact) mass is 274 g/mol. The van der Waals surface area contributed by atoms with E-state index in [0.29, 0.717) is 0 Å². The Morgan fingerprint density at radius 3 is 2.74 bits per heavy atom. The van der Waals surface area contributed by atoms with E-state index in [2.05, 4.69) is 23.5 Å². The number of hydrogen-bond donors (Lipinski definition) is 1. The molecule has 0 amide bonds. The SMILES string of the molecule is CCCC[NH2+]/C=C1/C(=S)N(c2ccccc2)N=C1C. The number of para-hydroxylation sites is 1. The number of anilines is 1. The summed E-state index contributed by atoms with van der Waals surface area (Å²) in [6, 6.07) is 10.0. The van der Waals surface area contributed by atoms with Gasteiger partial charge in [-0.25, -0.2) is 5.01 Å². The molecule has 0 saturated heterocycles. The first-order valence-corrected chi connectivity index (χ1v) is 7.13. The lowest BCUT2D eigenvalue weighted by atomic mass is 10.2. The van der Waals surface area contributed by atoms with Gasteiger partial charge in [0.05, 0.1) is 23.5 Å². The van der Waals surface area contributed by atoms with Gasteiger partial charge in [-0.15, -0.1) is 0 Å². The van der Waals surface area contributed by atoms with Crippen LogP contribution in [0.4, 0.5) is 5.69 Å². The molecule has 1 aliphatic rings. The maximum absolute atomic E-state index is 5.52. The van der Waals surface area contributed by atoms with Gasteiger partial charge in [0.25, 0.3) is 0 Å². The summed E-state index contributed by atoms with van der Waals surface area (Å²) < 4.78 is 0. The summed E-state index contributed by atoms with van der Waals surface area (Å²) in [4.78, 5) is 0.788. The lowest BCUT2D eigenvalue weighted by molar-refractivity contribution is -0.588. The number of nitrogens with two attached hydrogens (primary N) is 1. The Labute approximate surface area is 120 Å². The van der Waals surface area contributed by atoms with Crippen LogP contribution in [0.3, 0.4) is 0 Å². The van der Waals surface area contributed by atoms with Crippen LogP contribution in [0.5, 0.6) is 0 Å². The van der Waals surface area contributed by atoms with Crippen molar-refractivity contribution in [3.63, 3.8) is 0 Å². The first-order chi connectivity index (χ1) is 9.24. The summed E-state index contributed by atoms with van der Waals surface area (Å²) in [6.07, 6.45) is 4.54. The standard InChI is InChI=1S/C15H19N3S/c1-3-4-10-16-11-14-12(2)17-18(15(14)19)13-8-6-5-7-9-13/h5-9,11,16H,3-4,10H2,1-2H3/p+1/b14-11+. The summed E-state index contributed by atoms with van der Waals surface area (Å²) in [5, 5.41) is 8.57. The molecule has 19 heavy (non-hydrogen) atoms. The third-order valence-electron chi connectivity index (χ3n) is 3.07. The summed E-state index contributed by atoms with van der Waals surface area (Å²) in [5.74, 6) is 0. The minimum atomic E-state index is 0.788. The smallest absolute Gasteiger partial charge is 0.142 e. The van der Waals surface area contributed by atoms with E-state index in [-0.39, 0.29) is 0 Å². The molecule has 0 fully saturated rings. The summed E-state index contributed by atoms with van der Waals surface area (Å²) in [7, 11) is 0. The zero-order valence-electron chi connectivity index (χ0n) is 11.5. The Bertz CT molecular complexity index is 505. The van der Waals surface area contributed by atoms with Gasteiger partial charge in [0.2, 0.25) is 0 Å². The number of unbranched alkanes of at least 4 members (excludes halogenated alkanes) is 1. The fourth-order valence-electron chi connectivity index (χ4n) is 1.98. The Hall–Kier alpha value is -1.52. The van der Waals surface area contributed by atoms with Gasteiger partial charge >= 0.3 is 0 Å². The molecule has 1 aliphatic heterocycles. The largest absolute Gasteiger partial charge is 0.319 e. The van der Waals surface area contributed by atoms with Crippen LogP contribution >= 0.6 is 12.2 Å². The highest BCUT2D eigenvalue weighted by Gasteiger charge is 2.25. The number of nitrogens with zero attached hydrogens (tertiary/aromatic N) is 2. The third kappa shape index (κ3) is 3.28. The molecule has 0 saturated carbocycles. The van der Waals surface area contributed by atoms with Gasteiger partial charge in [-0.3, -0.25) is 0 Å². The van der Waals surface area contributed by atoms with Crippen LogP contribution in [0.1, 0.15) is 26.7 Å². The quantitative estimate of drug-likeness (QED) is 0.508. The number of benzene rings is 1. The molecule has 1 aromatic rings. The summed E-state index contributed by atoms with van der Waals surface area (Å²) >= 11 is 5.52. The molecule has 1 heterocycles. The predicted molar refractivity (Wildman–Crippen MR) is 84.4 cm³/mol. The Balaban J connectivity index is 2.10. The van der Waals surface area contributed by atoms with E-state index in [1.807, 2.05) is 42.3 Å². The van der Waals surface area contributed by atoms with E-state index in [0.717, 1.165) is 28.5 Å². The number of hydrogen-bond acceptors (Lipinski definition) is 2. The average molecular weight is 274 g/mol. The van der Waals surface area contributed by atoms with E-state index < -0.39 is 0 Å². The molecule has 3 nitrogen and oxygen atoms in total. The fourth-order valence-corrected chi connectivity index (χ4v) is 2.34. The van der Waals surface area contributed by atoms with Crippen molar-refractivity contribution >= 4 is 28.6 Å². The van der Waals surface area contributed by atoms with Crippen molar-refractivity contribution < 1.29 is 5.32 Å². The molecule has 4 heteroatoms. The number of rotatable bonds is 5. The first kappa shape index (κ1) is 13.9. The van der Waals surface area contributed by atoms with Gasteiger partial charge in [-0.1, -0.05) is 43.8 Å². The molecule has 0 atom stereocenters. The maximum Gasteiger partial charge on any atom is 0.142 e. The molecule has 0 unspecified atom stereocenters. The van der Waals surface area contributed by atoms with E-state index in [4.69, 9.17) is 12.2 Å². The van der Waals surface area contributed by atoms with Gasteiger partial charge in [-0.2, -0.15) is 5.10 Å². The van der Waals surface area contributed by atoms with Crippen molar-refractivity contribution in [1.29, 1.82) is 0 Å². The van der Waals surface area contributed by atoms with Crippen LogP contribution in [0, 0.1) is 0 Å². The Morgan fingerprint density at radius 2 is 2.05 bits per heavy atom. The molecule has 0 aliphatic carbocycles. The zero-order chi connectivity index (χ0) is 13.7. The highest BCUT2D eigenvalue weighted by Crippen LogP contribution is 2.23. The minimum absolute atomic E-state index is 0.788. The van der Waals surface area contributed by atoms with Crippen molar-refractivity contribution in [2.24, 2.45) is 5.10 Å². The minimum Gasteiger partial charge on any atom is -0.319 e. The molecule has 0 radical (unpaired) electrons. The second kappa shape index (κ2) is 6.59. The average Bonchev–Trinajstić information content (AvgIpc) is 2.72. The predicted octanol–water partition coefficient (Wildman–Crippen LogP) is 2.46. The van der Waals surface area contributed by atoms with E-state index in [9.17, 15) is 0 Å². The van der Waals surface area contributed by atoms with Crippen LogP contribution in [0.2, 0.25) is 0 Å². The molecule has 0 spiro atoms. The van der Waals surface area contributed by atoms with Crippen molar-refractivity contribution in [3.05, 3.63) is 42.1 Å². The second-order valence-electron chi connectivity index (χ2n) is 4.60. The molecule has 2 N–H and O–H groups in total. The molecule has 2 rings (SSSR count). The number of hydrazone groups is 1.